The molecule has 0 amide bonds. The maximum Gasteiger partial charge on any atom is 0.362 e. The summed E-state index contributed by atoms with van der Waals surface area (Å²) < 4.78 is 17.3. The first kappa shape index (κ1) is 61.8. The quantitative estimate of drug-likeness (QED) is 0.0281. The normalized spacial score (nSPS) is 13.4. The van der Waals surface area contributed by atoms with E-state index in [4.69, 9.17) is 14.2 Å². The number of quaternary nitrogens is 1. The van der Waals surface area contributed by atoms with E-state index in [9.17, 15) is 19.5 Å². The standard InChI is InChI=1S/C57H99NO7/c1-6-8-10-12-14-16-18-20-22-24-26-28-30-32-34-36-38-40-42-44-46-48-56(60)65-53(51-63-50-49-54(57(61)62)58(3,4)5)52-64-55(59)47-45-43-41-39-37-35-33-31-29-27-25-23-21-19-17-15-13-11-9-7-2/h9,11,15,17,21,23,27,29,33,35,39,41,53-54H,6-8,10,12-14,16,18-20,22,24-26,28,30-32,34,36-38,40,42-52H2,1-5H3/p+1/b11-9+,17-15+,23-21+,29-27+,35-33+,41-39+. The number of carbonyl (C=O) groups is 3. The predicted molar refractivity (Wildman–Crippen MR) is 275 cm³/mol. The van der Waals surface area contributed by atoms with E-state index in [0.29, 0.717) is 19.3 Å². The van der Waals surface area contributed by atoms with Crippen molar-refractivity contribution >= 4 is 17.9 Å². The van der Waals surface area contributed by atoms with Crippen molar-refractivity contribution in [3.05, 3.63) is 72.9 Å². The van der Waals surface area contributed by atoms with Crippen LogP contribution in [0.2, 0.25) is 0 Å². The van der Waals surface area contributed by atoms with E-state index in [1.807, 2.05) is 21.1 Å². The molecule has 0 aromatic carbocycles. The highest BCUT2D eigenvalue weighted by atomic mass is 16.6. The van der Waals surface area contributed by atoms with Crippen LogP contribution in [0, 0.1) is 0 Å². The number of unbranched alkanes of at least 4 members (excludes halogenated alkanes) is 21. The number of nitrogens with zero attached hydrogens (tertiary/aromatic N) is 1. The zero-order chi connectivity index (χ0) is 47.7. The van der Waals surface area contributed by atoms with Gasteiger partial charge in [0.25, 0.3) is 0 Å². The van der Waals surface area contributed by atoms with E-state index >= 15 is 0 Å². The molecule has 374 valence electrons. The van der Waals surface area contributed by atoms with Gasteiger partial charge in [0.05, 0.1) is 34.4 Å². The summed E-state index contributed by atoms with van der Waals surface area (Å²) in [6.07, 6.45) is 61.1. The molecule has 0 aliphatic rings. The first-order valence-corrected chi connectivity index (χ1v) is 26.5. The number of esters is 2. The molecule has 0 aromatic heterocycles. The lowest BCUT2D eigenvalue weighted by atomic mass is 10.0. The number of carboxylic acid groups (broad SMARTS) is 1. The van der Waals surface area contributed by atoms with Gasteiger partial charge in [-0.05, 0) is 57.8 Å². The van der Waals surface area contributed by atoms with E-state index in [1.165, 1.54) is 116 Å². The Balaban J connectivity index is 4.31. The maximum absolute atomic E-state index is 12.8. The molecular formula is C57H100NO7+. The first-order valence-electron chi connectivity index (χ1n) is 26.5. The number of carbonyl (C=O) groups excluding carboxylic acids is 2. The second-order valence-corrected chi connectivity index (χ2v) is 18.8. The average Bonchev–Trinajstić information content (AvgIpc) is 3.27. The topological polar surface area (TPSA) is 99.1 Å². The molecule has 1 N–H and O–H groups in total. The van der Waals surface area contributed by atoms with Crippen LogP contribution in [-0.2, 0) is 28.6 Å². The van der Waals surface area contributed by atoms with E-state index in [0.717, 1.165) is 64.2 Å². The number of aliphatic carboxylic acids is 1. The summed E-state index contributed by atoms with van der Waals surface area (Å²) in [7, 11) is 5.52. The van der Waals surface area contributed by atoms with Gasteiger partial charge in [-0.3, -0.25) is 9.59 Å². The monoisotopic (exact) mass is 911 g/mol. The summed E-state index contributed by atoms with van der Waals surface area (Å²) in [5.74, 6) is -1.54. The third-order valence-electron chi connectivity index (χ3n) is 11.6. The van der Waals surface area contributed by atoms with Crippen molar-refractivity contribution in [1.29, 1.82) is 0 Å². The molecule has 0 heterocycles. The van der Waals surface area contributed by atoms with Crippen molar-refractivity contribution < 1.29 is 38.2 Å². The summed E-state index contributed by atoms with van der Waals surface area (Å²) in [5.41, 5.74) is 0. The molecule has 8 nitrogen and oxygen atoms in total. The fourth-order valence-corrected chi connectivity index (χ4v) is 7.58. The third kappa shape index (κ3) is 45.7. The minimum atomic E-state index is -0.882. The number of hydrogen-bond donors (Lipinski definition) is 1. The van der Waals surface area contributed by atoms with Gasteiger partial charge in [-0.2, -0.15) is 0 Å². The molecule has 0 rings (SSSR count). The molecule has 2 atom stereocenters. The molecule has 0 aliphatic carbocycles. The van der Waals surface area contributed by atoms with Crippen LogP contribution in [0.5, 0.6) is 0 Å². The largest absolute Gasteiger partial charge is 0.477 e. The van der Waals surface area contributed by atoms with Crippen LogP contribution in [0.25, 0.3) is 0 Å². The van der Waals surface area contributed by atoms with E-state index in [-0.39, 0.29) is 42.7 Å². The number of carboxylic acids is 1. The predicted octanol–water partition coefficient (Wildman–Crippen LogP) is 15.5. The lowest BCUT2D eigenvalue weighted by Crippen LogP contribution is -2.50. The molecule has 0 saturated heterocycles. The van der Waals surface area contributed by atoms with Crippen LogP contribution >= 0.6 is 0 Å². The minimum absolute atomic E-state index is 0.0420. The van der Waals surface area contributed by atoms with E-state index in [2.05, 4.69) is 86.8 Å². The Bertz CT molecular complexity index is 1290. The molecule has 0 aliphatic heterocycles. The molecule has 0 saturated carbocycles. The zero-order valence-corrected chi connectivity index (χ0v) is 42.7. The van der Waals surface area contributed by atoms with Crippen LogP contribution < -0.4 is 0 Å². The zero-order valence-electron chi connectivity index (χ0n) is 42.7. The Labute approximate surface area is 400 Å². The second-order valence-electron chi connectivity index (χ2n) is 18.8. The molecule has 0 radical (unpaired) electrons. The number of hydrogen-bond acceptors (Lipinski definition) is 6. The van der Waals surface area contributed by atoms with Crippen molar-refractivity contribution in [1.82, 2.24) is 0 Å². The van der Waals surface area contributed by atoms with Crippen LogP contribution in [0.3, 0.4) is 0 Å². The second kappa shape index (κ2) is 47.3. The van der Waals surface area contributed by atoms with Crippen molar-refractivity contribution in [2.24, 2.45) is 0 Å². The van der Waals surface area contributed by atoms with Gasteiger partial charge in [0.2, 0.25) is 0 Å². The first-order chi connectivity index (χ1) is 31.6. The molecule has 8 heteroatoms. The number of allylic oxidation sites excluding steroid dienone is 12. The fraction of sp³-hybridized carbons (Fsp3) is 0.737. The molecular weight excluding hydrogens is 811 g/mol. The van der Waals surface area contributed by atoms with Gasteiger partial charge in [0, 0.05) is 19.3 Å². The van der Waals surface area contributed by atoms with Crippen LogP contribution in [0.4, 0.5) is 0 Å². The molecule has 0 fully saturated rings. The Morgan fingerprint density at radius 1 is 0.477 bits per heavy atom. The molecule has 0 spiro atoms. The Morgan fingerprint density at radius 2 is 0.862 bits per heavy atom. The summed E-state index contributed by atoms with van der Waals surface area (Å²) in [4.78, 5) is 37.2. The van der Waals surface area contributed by atoms with Gasteiger partial charge in [-0.25, -0.2) is 4.79 Å². The van der Waals surface area contributed by atoms with Crippen LogP contribution in [0.1, 0.15) is 219 Å². The van der Waals surface area contributed by atoms with Crippen LogP contribution in [0.15, 0.2) is 72.9 Å². The van der Waals surface area contributed by atoms with Gasteiger partial charge in [-0.15, -0.1) is 0 Å². The molecule has 2 unspecified atom stereocenters. The summed E-state index contributed by atoms with van der Waals surface area (Å²) in [6, 6.07) is -0.626. The number of rotatable bonds is 47. The van der Waals surface area contributed by atoms with Gasteiger partial charge >= 0.3 is 17.9 Å². The van der Waals surface area contributed by atoms with Gasteiger partial charge in [0.15, 0.2) is 12.1 Å². The maximum atomic E-state index is 12.8. The van der Waals surface area contributed by atoms with Crippen molar-refractivity contribution in [3.63, 3.8) is 0 Å². The summed E-state index contributed by atoms with van der Waals surface area (Å²) in [6.45, 7) is 4.59. The molecule has 0 bridgehead atoms. The Kier molecular flexibility index (Phi) is 44.9. The molecule has 65 heavy (non-hydrogen) atoms. The van der Waals surface area contributed by atoms with E-state index < -0.39 is 18.1 Å². The summed E-state index contributed by atoms with van der Waals surface area (Å²) >= 11 is 0. The number of ether oxygens (including phenoxy) is 3. The smallest absolute Gasteiger partial charge is 0.362 e. The SMILES string of the molecule is CC/C=C/C/C=C/C/C=C/C/C=C/C/C=C/C/C=C/CCCC(=O)OCC(COCCC(C(=O)O)[N+](C)(C)C)OC(=O)CCCCCCCCCCCCCCCCCCCCCCC. The highest BCUT2D eigenvalue weighted by Crippen LogP contribution is 2.16. The van der Waals surface area contributed by atoms with Crippen molar-refractivity contribution in [2.75, 3.05) is 41.0 Å². The Morgan fingerprint density at radius 3 is 1.26 bits per heavy atom. The van der Waals surface area contributed by atoms with Gasteiger partial charge in [-0.1, -0.05) is 215 Å². The van der Waals surface area contributed by atoms with Gasteiger partial charge < -0.3 is 23.8 Å². The van der Waals surface area contributed by atoms with Gasteiger partial charge in [0.1, 0.15) is 6.61 Å². The minimum Gasteiger partial charge on any atom is -0.477 e. The highest BCUT2D eigenvalue weighted by Gasteiger charge is 2.31. The average molecular weight is 911 g/mol. The van der Waals surface area contributed by atoms with Crippen molar-refractivity contribution in [3.8, 4) is 0 Å². The van der Waals surface area contributed by atoms with Crippen LogP contribution in [-0.4, -0.2) is 80.6 Å². The fourth-order valence-electron chi connectivity index (χ4n) is 7.58. The lowest BCUT2D eigenvalue weighted by molar-refractivity contribution is -0.887. The highest BCUT2D eigenvalue weighted by molar-refractivity contribution is 5.72. The lowest BCUT2D eigenvalue weighted by Gasteiger charge is -2.31. The third-order valence-corrected chi connectivity index (χ3v) is 11.6. The molecule has 0 aromatic rings. The van der Waals surface area contributed by atoms with Crippen molar-refractivity contribution in [2.45, 2.75) is 231 Å². The Hall–Kier alpha value is -3.23. The summed E-state index contributed by atoms with van der Waals surface area (Å²) in [5, 5.41) is 9.66. The van der Waals surface area contributed by atoms with E-state index in [1.54, 1.807) is 0 Å². The number of likely N-dealkylation sites (N-methyl/N-ethyl adjacent to an activating group) is 1.